The topological polar surface area (TPSA) is 99.7 Å². The van der Waals surface area contributed by atoms with Gasteiger partial charge in [0.2, 0.25) is 6.79 Å². The Kier molecular flexibility index (Phi) is 4.89. The Hall–Kier alpha value is -2.61. The van der Waals surface area contributed by atoms with Gasteiger partial charge in [-0.1, -0.05) is 19.0 Å². The number of hydrogen-bond donors (Lipinski definition) is 1. The maximum Gasteiger partial charge on any atom is 0.278 e. The Morgan fingerprint density at radius 2 is 2.00 bits per heavy atom. The number of nitro benzene ring substituents is 1. The summed E-state index contributed by atoms with van der Waals surface area (Å²) in [4.78, 5) is 11.0. The van der Waals surface area contributed by atoms with Crippen LogP contribution in [0.3, 0.4) is 0 Å². The smallest absolute Gasteiger partial charge is 0.278 e. The number of aromatic nitrogens is 1. The van der Waals surface area contributed by atoms with Gasteiger partial charge in [0.1, 0.15) is 5.76 Å². The molecule has 134 valence electrons. The average Bonchev–Trinajstić information content (AvgIpc) is 3.23. The molecule has 0 radical (unpaired) electrons. The minimum absolute atomic E-state index is 0.0148. The van der Waals surface area contributed by atoms with Crippen molar-refractivity contribution in [3.63, 3.8) is 0 Å². The molecule has 1 N–H and O–H groups in total. The molecule has 0 saturated heterocycles. The number of rotatable bonds is 7. The number of benzene rings is 1. The van der Waals surface area contributed by atoms with Crippen LogP contribution in [0.15, 0.2) is 16.7 Å². The van der Waals surface area contributed by atoms with Gasteiger partial charge in [-0.3, -0.25) is 10.1 Å². The highest BCUT2D eigenvalue weighted by molar-refractivity contribution is 5.56. The zero-order valence-electron chi connectivity index (χ0n) is 14.5. The number of aryl methyl sites for hydroxylation is 2. The molecule has 1 aliphatic rings. The molecular formula is C17H21N3O5. The summed E-state index contributed by atoms with van der Waals surface area (Å²) < 4.78 is 15.9. The number of fused-ring (bicyclic) bond motifs is 1. The van der Waals surface area contributed by atoms with Crippen molar-refractivity contribution in [1.82, 2.24) is 10.5 Å². The normalized spacial score (nSPS) is 13.9. The molecule has 1 unspecified atom stereocenters. The van der Waals surface area contributed by atoms with E-state index in [0.717, 1.165) is 29.9 Å². The predicted octanol–water partition coefficient (Wildman–Crippen LogP) is 3.29. The zero-order valence-corrected chi connectivity index (χ0v) is 14.5. The molecule has 2 aromatic rings. The summed E-state index contributed by atoms with van der Waals surface area (Å²) in [5, 5.41) is 18.8. The van der Waals surface area contributed by atoms with E-state index in [1.807, 2.05) is 20.8 Å². The second-order valence-electron chi connectivity index (χ2n) is 5.86. The molecule has 0 aliphatic carbocycles. The van der Waals surface area contributed by atoms with Crippen molar-refractivity contribution in [2.45, 2.75) is 46.2 Å². The summed E-state index contributed by atoms with van der Waals surface area (Å²) in [7, 11) is 0. The number of nitrogens with zero attached hydrogens (tertiary/aromatic N) is 2. The summed E-state index contributed by atoms with van der Waals surface area (Å²) in [6, 6.07) is 2.84. The van der Waals surface area contributed by atoms with E-state index in [2.05, 4.69) is 10.5 Å². The largest absolute Gasteiger partial charge is 0.454 e. The van der Waals surface area contributed by atoms with Gasteiger partial charge in [-0.25, -0.2) is 0 Å². The predicted molar refractivity (Wildman–Crippen MR) is 89.7 cm³/mol. The third-order valence-corrected chi connectivity index (χ3v) is 4.38. The third-order valence-electron chi connectivity index (χ3n) is 4.38. The quantitative estimate of drug-likeness (QED) is 0.606. The van der Waals surface area contributed by atoms with Crippen LogP contribution in [0.4, 0.5) is 5.69 Å². The van der Waals surface area contributed by atoms with Crippen molar-refractivity contribution in [1.29, 1.82) is 0 Å². The maximum atomic E-state index is 11.4. The van der Waals surface area contributed by atoms with E-state index in [1.54, 1.807) is 6.07 Å². The first-order valence-corrected chi connectivity index (χ1v) is 8.32. The highest BCUT2D eigenvalue weighted by Gasteiger charge is 2.26. The van der Waals surface area contributed by atoms with Crippen molar-refractivity contribution in [2.75, 3.05) is 6.79 Å². The van der Waals surface area contributed by atoms with E-state index in [4.69, 9.17) is 14.0 Å². The molecule has 0 amide bonds. The number of nitrogens with one attached hydrogen (secondary N) is 1. The molecular weight excluding hydrogens is 326 g/mol. The van der Waals surface area contributed by atoms with Crippen LogP contribution in [0.1, 0.15) is 49.4 Å². The molecule has 0 bridgehead atoms. The molecule has 8 heteroatoms. The summed E-state index contributed by atoms with van der Waals surface area (Å²) in [5.41, 5.74) is 2.51. The van der Waals surface area contributed by atoms with Gasteiger partial charge < -0.3 is 19.3 Å². The van der Waals surface area contributed by atoms with E-state index < -0.39 is 4.92 Å². The standard InChI is InChI=1S/C17H21N3O5/c1-4-13-12(15(5-2)25-19-13)8-18-10(3)11-6-16-17(24-9-23-16)7-14(11)20(21)22/h6-7,10,18H,4-5,8-9H2,1-3H3. The van der Waals surface area contributed by atoms with Gasteiger partial charge in [0.25, 0.3) is 5.69 Å². The van der Waals surface area contributed by atoms with Crippen molar-refractivity contribution >= 4 is 5.69 Å². The molecule has 25 heavy (non-hydrogen) atoms. The molecule has 0 fully saturated rings. The highest BCUT2D eigenvalue weighted by atomic mass is 16.7. The number of ether oxygens (including phenoxy) is 2. The molecule has 2 heterocycles. The fourth-order valence-corrected chi connectivity index (χ4v) is 2.95. The van der Waals surface area contributed by atoms with Gasteiger partial charge in [-0.15, -0.1) is 0 Å². The number of nitro groups is 1. The Balaban J connectivity index is 1.83. The minimum atomic E-state index is -0.399. The van der Waals surface area contributed by atoms with Crippen molar-refractivity contribution < 1.29 is 18.9 Å². The van der Waals surface area contributed by atoms with Crippen LogP contribution in [0.2, 0.25) is 0 Å². The molecule has 0 saturated carbocycles. The maximum absolute atomic E-state index is 11.4. The van der Waals surface area contributed by atoms with Crippen LogP contribution in [-0.2, 0) is 19.4 Å². The Labute approximate surface area is 145 Å². The van der Waals surface area contributed by atoms with Crippen LogP contribution in [0.25, 0.3) is 0 Å². The fourth-order valence-electron chi connectivity index (χ4n) is 2.95. The summed E-state index contributed by atoms with van der Waals surface area (Å²) in [6.07, 6.45) is 1.53. The molecule has 3 rings (SSSR count). The molecule has 0 spiro atoms. The van der Waals surface area contributed by atoms with E-state index in [0.29, 0.717) is 23.6 Å². The van der Waals surface area contributed by atoms with Gasteiger partial charge in [0.15, 0.2) is 11.5 Å². The molecule has 1 aromatic carbocycles. The second-order valence-corrected chi connectivity index (χ2v) is 5.86. The third kappa shape index (κ3) is 3.30. The highest BCUT2D eigenvalue weighted by Crippen LogP contribution is 2.40. The van der Waals surface area contributed by atoms with E-state index >= 15 is 0 Å². The van der Waals surface area contributed by atoms with Crippen LogP contribution >= 0.6 is 0 Å². The first kappa shape index (κ1) is 17.2. The van der Waals surface area contributed by atoms with Crippen LogP contribution in [0, 0.1) is 10.1 Å². The van der Waals surface area contributed by atoms with E-state index in [-0.39, 0.29) is 18.5 Å². The van der Waals surface area contributed by atoms with E-state index in [1.165, 1.54) is 6.07 Å². The monoisotopic (exact) mass is 347 g/mol. The lowest BCUT2D eigenvalue weighted by Gasteiger charge is -2.15. The Bertz CT molecular complexity index is 765. The van der Waals surface area contributed by atoms with Gasteiger partial charge in [-0.05, 0) is 19.4 Å². The Morgan fingerprint density at radius 3 is 2.64 bits per heavy atom. The van der Waals surface area contributed by atoms with Crippen LogP contribution < -0.4 is 14.8 Å². The van der Waals surface area contributed by atoms with Crippen LogP contribution in [0.5, 0.6) is 11.5 Å². The first-order chi connectivity index (χ1) is 12.0. The number of hydrogen-bond acceptors (Lipinski definition) is 7. The average molecular weight is 347 g/mol. The molecule has 8 nitrogen and oxygen atoms in total. The van der Waals surface area contributed by atoms with Gasteiger partial charge in [-0.2, -0.15) is 0 Å². The summed E-state index contributed by atoms with van der Waals surface area (Å²) >= 11 is 0. The summed E-state index contributed by atoms with van der Waals surface area (Å²) in [5.74, 6) is 1.78. The van der Waals surface area contributed by atoms with Crippen molar-refractivity contribution in [2.24, 2.45) is 0 Å². The fraction of sp³-hybridized carbons (Fsp3) is 0.471. The molecule has 1 aliphatic heterocycles. The minimum Gasteiger partial charge on any atom is -0.454 e. The van der Waals surface area contributed by atoms with Crippen molar-refractivity contribution in [3.05, 3.63) is 44.8 Å². The van der Waals surface area contributed by atoms with E-state index in [9.17, 15) is 10.1 Å². The lowest BCUT2D eigenvalue weighted by molar-refractivity contribution is -0.385. The molecule has 1 aromatic heterocycles. The van der Waals surface area contributed by atoms with Gasteiger partial charge in [0, 0.05) is 24.6 Å². The second kappa shape index (κ2) is 7.10. The van der Waals surface area contributed by atoms with Gasteiger partial charge in [0.05, 0.1) is 22.2 Å². The van der Waals surface area contributed by atoms with Crippen LogP contribution in [-0.4, -0.2) is 16.9 Å². The SMILES string of the molecule is CCc1noc(CC)c1CNC(C)c1cc2c(cc1[N+](=O)[O-])OCO2. The van der Waals surface area contributed by atoms with Crippen molar-refractivity contribution in [3.8, 4) is 11.5 Å². The lowest BCUT2D eigenvalue weighted by Crippen LogP contribution is -2.20. The van der Waals surface area contributed by atoms with Gasteiger partial charge >= 0.3 is 0 Å². The molecule has 1 atom stereocenters. The lowest BCUT2D eigenvalue weighted by atomic mass is 10.0. The first-order valence-electron chi connectivity index (χ1n) is 8.32. The zero-order chi connectivity index (χ0) is 18.0. The summed E-state index contributed by atoms with van der Waals surface area (Å²) in [6.45, 7) is 6.53. The Morgan fingerprint density at radius 1 is 1.28 bits per heavy atom.